The molecule has 1 fully saturated rings. The molecule has 21 heavy (non-hydrogen) atoms. The van der Waals surface area contributed by atoms with Crippen LogP contribution >= 0.6 is 0 Å². The Balaban J connectivity index is 1.70. The first-order valence-electron chi connectivity index (χ1n) is 6.99. The van der Waals surface area contributed by atoms with E-state index in [0.29, 0.717) is 12.1 Å². The van der Waals surface area contributed by atoms with Gasteiger partial charge in [-0.2, -0.15) is 10.1 Å². The summed E-state index contributed by atoms with van der Waals surface area (Å²) in [5.41, 5.74) is 6.94. The van der Waals surface area contributed by atoms with Crippen molar-refractivity contribution >= 4 is 5.95 Å². The van der Waals surface area contributed by atoms with Crippen LogP contribution in [0, 0.1) is 18.7 Å². The summed E-state index contributed by atoms with van der Waals surface area (Å²) in [6.45, 7) is 3.31. The molecule has 2 aromatic rings. The van der Waals surface area contributed by atoms with E-state index in [0.717, 1.165) is 18.3 Å². The minimum absolute atomic E-state index is 0.0620. The summed E-state index contributed by atoms with van der Waals surface area (Å²) < 4.78 is 15.6. The first-order valence-corrected chi connectivity index (χ1v) is 6.99. The lowest BCUT2D eigenvalue weighted by atomic mass is 9.94. The average molecular weight is 290 g/mol. The van der Waals surface area contributed by atoms with E-state index in [2.05, 4.69) is 26.3 Å². The molecule has 0 bridgehead atoms. The SMILES string of the molecule is Cc1nc(NCC2CNNC2c2ccccc2F)n(C)n1. The Labute approximate surface area is 122 Å². The zero-order valence-electron chi connectivity index (χ0n) is 12.1. The van der Waals surface area contributed by atoms with Crippen LogP contribution in [0.25, 0.3) is 0 Å². The van der Waals surface area contributed by atoms with Gasteiger partial charge in [0.2, 0.25) is 5.95 Å². The van der Waals surface area contributed by atoms with Crippen molar-refractivity contribution in [3.8, 4) is 0 Å². The molecule has 112 valence electrons. The van der Waals surface area contributed by atoms with Gasteiger partial charge in [0.25, 0.3) is 0 Å². The van der Waals surface area contributed by atoms with Crippen molar-refractivity contribution in [3.63, 3.8) is 0 Å². The normalized spacial score (nSPS) is 21.7. The van der Waals surface area contributed by atoms with Gasteiger partial charge < -0.3 is 5.32 Å². The maximum Gasteiger partial charge on any atom is 0.221 e. The second-order valence-corrected chi connectivity index (χ2v) is 5.27. The number of rotatable bonds is 4. The van der Waals surface area contributed by atoms with Gasteiger partial charge in [-0.25, -0.2) is 14.5 Å². The molecule has 1 aliphatic heterocycles. The van der Waals surface area contributed by atoms with Gasteiger partial charge in [-0.3, -0.25) is 5.43 Å². The molecule has 0 amide bonds. The lowest BCUT2D eigenvalue weighted by Crippen LogP contribution is -2.27. The van der Waals surface area contributed by atoms with E-state index in [4.69, 9.17) is 0 Å². The molecule has 0 radical (unpaired) electrons. The van der Waals surface area contributed by atoms with Gasteiger partial charge >= 0.3 is 0 Å². The Bertz CT molecular complexity index is 626. The Morgan fingerprint density at radius 3 is 2.95 bits per heavy atom. The molecule has 2 atom stereocenters. The topological polar surface area (TPSA) is 66.8 Å². The lowest BCUT2D eigenvalue weighted by molar-refractivity contribution is 0.465. The summed E-state index contributed by atoms with van der Waals surface area (Å²) in [4.78, 5) is 4.31. The number of aryl methyl sites for hydroxylation is 2. The van der Waals surface area contributed by atoms with Crippen LogP contribution in [-0.4, -0.2) is 27.9 Å². The fourth-order valence-electron chi connectivity index (χ4n) is 2.67. The van der Waals surface area contributed by atoms with Gasteiger partial charge in [-0.1, -0.05) is 18.2 Å². The summed E-state index contributed by atoms with van der Waals surface area (Å²) in [6, 6.07) is 6.81. The average Bonchev–Trinajstić information content (AvgIpc) is 3.03. The van der Waals surface area contributed by atoms with Crippen LogP contribution in [-0.2, 0) is 7.05 Å². The minimum Gasteiger partial charge on any atom is -0.354 e. The molecular formula is C14H19FN6. The smallest absolute Gasteiger partial charge is 0.221 e. The van der Waals surface area contributed by atoms with E-state index in [9.17, 15) is 4.39 Å². The van der Waals surface area contributed by atoms with E-state index < -0.39 is 0 Å². The second kappa shape index (κ2) is 5.79. The van der Waals surface area contributed by atoms with E-state index in [1.54, 1.807) is 10.7 Å². The van der Waals surface area contributed by atoms with Crippen molar-refractivity contribution < 1.29 is 4.39 Å². The molecular weight excluding hydrogens is 271 g/mol. The predicted molar refractivity (Wildman–Crippen MR) is 78.0 cm³/mol. The third-order valence-electron chi connectivity index (χ3n) is 3.72. The third kappa shape index (κ3) is 2.88. The Morgan fingerprint density at radius 1 is 1.43 bits per heavy atom. The van der Waals surface area contributed by atoms with Crippen LogP contribution in [0.5, 0.6) is 0 Å². The number of halogens is 1. The number of benzene rings is 1. The standard InChI is InChI=1S/C14H19FN6/c1-9-18-14(21(2)20-9)16-7-10-8-17-19-13(10)11-5-3-4-6-12(11)15/h3-6,10,13,17,19H,7-8H2,1-2H3,(H,16,18,20). The minimum atomic E-state index is -0.182. The summed E-state index contributed by atoms with van der Waals surface area (Å²) in [7, 11) is 1.85. The number of hydrogen-bond acceptors (Lipinski definition) is 5. The third-order valence-corrected chi connectivity index (χ3v) is 3.72. The van der Waals surface area contributed by atoms with E-state index in [-0.39, 0.29) is 17.8 Å². The number of aromatic nitrogens is 3. The molecule has 7 heteroatoms. The van der Waals surface area contributed by atoms with Crippen molar-refractivity contribution in [2.75, 3.05) is 18.4 Å². The first-order chi connectivity index (χ1) is 10.1. The fraction of sp³-hybridized carbons (Fsp3) is 0.429. The number of hydrazine groups is 1. The van der Waals surface area contributed by atoms with Crippen LogP contribution in [0.1, 0.15) is 17.4 Å². The highest BCUT2D eigenvalue weighted by molar-refractivity contribution is 5.27. The van der Waals surface area contributed by atoms with Crippen LogP contribution < -0.4 is 16.2 Å². The maximum atomic E-state index is 13.9. The Hall–Kier alpha value is -1.99. The number of anilines is 1. The van der Waals surface area contributed by atoms with Gasteiger partial charge in [-0.15, -0.1) is 0 Å². The van der Waals surface area contributed by atoms with Gasteiger partial charge in [0.05, 0.1) is 6.04 Å². The van der Waals surface area contributed by atoms with Crippen molar-refractivity contribution in [1.82, 2.24) is 25.6 Å². The fourth-order valence-corrected chi connectivity index (χ4v) is 2.67. The van der Waals surface area contributed by atoms with Crippen LogP contribution in [0.15, 0.2) is 24.3 Å². The molecule has 3 N–H and O–H groups in total. The maximum absolute atomic E-state index is 13.9. The lowest BCUT2D eigenvalue weighted by Gasteiger charge is -2.19. The highest BCUT2D eigenvalue weighted by Crippen LogP contribution is 2.26. The van der Waals surface area contributed by atoms with Crippen LogP contribution in [0.3, 0.4) is 0 Å². The van der Waals surface area contributed by atoms with Gasteiger partial charge in [0.1, 0.15) is 11.6 Å². The molecule has 3 rings (SSSR count). The molecule has 2 unspecified atom stereocenters. The van der Waals surface area contributed by atoms with Crippen molar-refractivity contribution in [3.05, 3.63) is 41.5 Å². The summed E-state index contributed by atoms with van der Waals surface area (Å²) in [6.07, 6.45) is 0. The highest BCUT2D eigenvalue weighted by atomic mass is 19.1. The second-order valence-electron chi connectivity index (χ2n) is 5.27. The zero-order chi connectivity index (χ0) is 14.8. The predicted octanol–water partition coefficient (Wildman–Crippen LogP) is 1.14. The summed E-state index contributed by atoms with van der Waals surface area (Å²) in [5.74, 6) is 1.50. The molecule has 1 saturated heterocycles. The molecule has 2 heterocycles. The van der Waals surface area contributed by atoms with Gasteiger partial charge in [0, 0.05) is 31.6 Å². The molecule has 0 spiro atoms. The van der Waals surface area contributed by atoms with E-state index in [1.165, 1.54) is 6.07 Å². The molecule has 6 nitrogen and oxygen atoms in total. The van der Waals surface area contributed by atoms with Crippen molar-refractivity contribution in [1.29, 1.82) is 0 Å². The Morgan fingerprint density at radius 2 is 2.24 bits per heavy atom. The van der Waals surface area contributed by atoms with Crippen LogP contribution in [0.4, 0.5) is 10.3 Å². The zero-order valence-corrected chi connectivity index (χ0v) is 12.1. The van der Waals surface area contributed by atoms with Gasteiger partial charge in [-0.05, 0) is 13.0 Å². The largest absolute Gasteiger partial charge is 0.354 e. The number of nitrogens with zero attached hydrogens (tertiary/aromatic N) is 3. The van der Waals surface area contributed by atoms with Crippen molar-refractivity contribution in [2.24, 2.45) is 13.0 Å². The molecule has 1 aromatic heterocycles. The number of nitrogens with one attached hydrogen (secondary N) is 3. The molecule has 0 saturated carbocycles. The van der Waals surface area contributed by atoms with Gasteiger partial charge in [0.15, 0.2) is 0 Å². The summed E-state index contributed by atoms with van der Waals surface area (Å²) in [5, 5.41) is 7.48. The molecule has 1 aliphatic rings. The van der Waals surface area contributed by atoms with Crippen molar-refractivity contribution in [2.45, 2.75) is 13.0 Å². The Kier molecular flexibility index (Phi) is 3.85. The van der Waals surface area contributed by atoms with E-state index in [1.807, 2.05) is 26.1 Å². The van der Waals surface area contributed by atoms with E-state index >= 15 is 0 Å². The highest BCUT2D eigenvalue weighted by Gasteiger charge is 2.30. The summed E-state index contributed by atoms with van der Waals surface area (Å²) >= 11 is 0. The van der Waals surface area contributed by atoms with Crippen LogP contribution in [0.2, 0.25) is 0 Å². The number of hydrogen-bond donors (Lipinski definition) is 3. The molecule has 0 aliphatic carbocycles. The monoisotopic (exact) mass is 290 g/mol. The molecule has 1 aromatic carbocycles. The first kappa shape index (κ1) is 14.0. The quantitative estimate of drug-likeness (QED) is 0.788.